The molecule has 3 nitrogen and oxygen atoms in total. The van der Waals surface area contributed by atoms with Crippen LogP contribution >= 0.6 is 22.6 Å². The van der Waals surface area contributed by atoms with Gasteiger partial charge in [0.15, 0.2) is 0 Å². The largest absolute Gasteiger partial charge is 0.325 e. The summed E-state index contributed by atoms with van der Waals surface area (Å²) in [5, 5.41) is 6.09. The first kappa shape index (κ1) is 12.8. The van der Waals surface area contributed by atoms with Crippen molar-refractivity contribution in [1.82, 2.24) is 5.32 Å². The first-order chi connectivity index (χ1) is 8.16. The summed E-state index contributed by atoms with van der Waals surface area (Å²) >= 11 is 2.02. The SMILES string of the molecule is O=C(Nc1ccc(F)cc1I)C1CCNCC1. The maximum Gasteiger partial charge on any atom is 0.227 e. The highest BCUT2D eigenvalue weighted by atomic mass is 127. The molecule has 1 heterocycles. The van der Waals surface area contributed by atoms with E-state index in [-0.39, 0.29) is 17.6 Å². The summed E-state index contributed by atoms with van der Waals surface area (Å²) in [7, 11) is 0. The summed E-state index contributed by atoms with van der Waals surface area (Å²) in [6.45, 7) is 1.77. The Labute approximate surface area is 113 Å². The Kier molecular flexibility index (Phi) is 4.33. The number of nitrogens with one attached hydrogen (secondary N) is 2. The normalized spacial score (nSPS) is 16.8. The van der Waals surface area contributed by atoms with Crippen LogP contribution in [0.2, 0.25) is 0 Å². The minimum absolute atomic E-state index is 0.0380. The maximum atomic E-state index is 12.9. The summed E-state index contributed by atoms with van der Waals surface area (Å²) in [5.74, 6) is -0.178. The average Bonchev–Trinajstić information content (AvgIpc) is 2.34. The number of piperidine rings is 1. The van der Waals surface area contributed by atoms with E-state index in [2.05, 4.69) is 10.6 Å². The molecule has 1 amide bonds. The molecule has 1 fully saturated rings. The molecule has 1 aromatic rings. The minimum atomic E-state index is -0.283. The van der Waals surface area contributed by atoms with Gasteiger partial charge >= 0.3 is 0 Å². The number of halogens is 2. The van der Waals surface area contributed by atoms with Crippen LogP contribution in [0.25, 0.3) is 0 Å². The molecule has 0 aromatic heterocycles. The monoisotopic (exact) mass is 348 g/mol. The molecule has 0 radical (unpaired) electrons. The van der Waals surface area contributed by atoms with Crippen molar-refractivity contribution in [3.8, 4) is 0 Å². The molecule has 0 atom stereocenters. The molecular formula is C12H14FIN2O. The van der Waals surface area contributed by atoms with Crippen LogP contribution in [0.5, 0.6) is 0 Å². The molecule has 5 heteroatoms. The van der Waals surface area contributed by atoms with E-state index in [1.165, 1.54) is 12.1 Å². The number of rotatable bonds is 2. The Balaban J connectivity index is 2.02. The standard InChI is InChI=1S/C12H14FIN2O/c13-9-1-2-11(10(14)7-9)16-12(17)8-3-5-15-6-4-8/h1-2,7-8,15H,3-6H2,(H,16,17). The smallest absolute Gasteiger partial charge is 0.227 e. The Bertz CT molecular complexity index is 419. The van der Waals surface area contributed by atoms with Crippen LogP contribution in [0.15, 0.2) is 18.2 Å². The molecule has 92 valence electrons. The zero-order valence-corrected chi connectivity index (χ0v) is 11.5. The molecule has 17 heavy (non-hydrogen) atoms. The van der Waals surface area contributed by atoms with Crippen molar-refractivity contribution in [2.75, 3.05) is 18.4 Å². The highest BCUT2D eigenvalue weighted by molar-refractivity contribution is 14.1. The number of benzene rings is 1. The van der Waals surface area contributed by atoms with E-state index in [9.17, 15) is 9.18 Å². The maximum absolute atomic E-state index is 12.9. The topological polar surface area (TPSA) is 41.1 Å². The summed E-state index contributed by atoms with van der Waals surface area (Å²) in [6, 6.07) is 4.38. The third kappa shape index (κ3) is 3.38. The number of hydrogen-bond acceptors (Lipinski definition) is 2. The Morgan fingerprint density at radius 2 is 2.12 bits per heavy atom. The van der Waals surface area contributed by atoms with Gasteiger partial charge in [-0.05, 0) is 66.7 Å². The summed E-state index contributed by atoms with van der Waals surface area (Å²) in [5.41, 5.74) is 0.690. The molecular weight excluding hydrogens is 334 g/mol. The third-order valence-corrected chi connectivity index (χ3v) is 3.79. The highest BCUT2D eigenvalue weighted by Gasteiger charge is 2.21. The quantitative estimate of drug-likeness (QED) is 0.806. The van der Waals surface area contributed by atoms with Crippen LogP contribution in [0, 0.1) is 15.3 Å². The molecule has 0 aliphatic carbocycles. The van der Waals surface area contributed by atoms with Gasteiger partial charge in [-0.25, -0.2) is 4.39 Å². The van der Waals surface area contributed by atoms with Gasteiger partial charge in [-0.2, -0.15) is 0 Å². The van der Waals surface area contributed by atoms with Gasteiger partial charge in [-0.3, -0.25) is 4.79 Å². The molecule has 0 spiro atoms. The second-order valence-corrected chi connectivity index (χ2v) is 5.30. The summed E-state index contributed by atoms with van der Waals surface area (Å²) < 4.78 is 13.6. The predicted molar refractivity (Wildman–Crippen MR) is 73.3 cm³/mol. The Hall–Kier alpha value is -0.690. The van der Waals surface area contributed by atoms with Crippen LogP contribution in [0.3, 0.4) is 0 Å². The zero-order chi connectivity index (χ0) is 12.3. The lowest BCUT2D eigenvalue weighted by atomic mass is 9.97. The van der Waals surface area contributed by atoms with Gasteiger partial charge in [0.25, 0.3) is 0 Å². The van der Waals surface area contributed by atoms with E-state index >= 15 is 0 Å². The van der Waals surface area contributed by atoms with E-state index in [1.54, 1.807) is 6.07 Å². The third-order valence-electron chi connectivity index (χ3n) is 2.90. The first-order valence-corrected chi connectivity index (χ1v) is 6.71. The molecule has 1 aliphatic rings. The van der Waals surface area contributed by atoms with Gasteiger partial charge in [0.2, 0.25) is 5.91 Å². The number of carbonyl (C=O) groups is 1. The van der Waals surface area contributed by atoms with Crippen molar-refractivity contribution in [2.24, 2.45) is 5.92 Å². The lowest BCUT2D eigenvalue weighted by molar-refractivity contribution is -0.120. The van der Waals surface area contributed by atoms with Crippen molar-refractivity contribution in [1.29, 1.82) is 0 Å². The fourth-order valence-electron chi connectivity index (χ4n) is 1.91. The lowest BCUT2D eigenvalue weighted by Crippen LogP contribution is -2.34. The fourth-order valence-corrected chi connectivity index (χ4v) is 2.52. The summed E-state index contributed by atoms with van der Waals surface area (Å²) in [4.78, 5) is 12.0. The van der Waals surface area contributed by atoms with Gasteiger partial charge in [-0.1, -0.05) is 0 Å². The van der Waals surface area contributed by atoms with Crippen molar-refractivity contribution in [3.05, 3.63) is 27.6 Å². The van der Waals surface area contributed by atoms with E-state index in [1.807, 2.05) is 22.6 Å². The molecule has 1 aliphatic heterocycles. The minimum Gasteiger partial charge on any atom is -0.325 e. The number of carbonyl (C=O) groups excluding carboxylic acids is 1. The molecule has 0 unspecified atom stereocenters. The second-order valence-electron chi connectivity index (χ2n) is 4.14. The average molecular weight is 348 g/mol. The molecule has 2 N–H and O–H groups in total. The lowest BCUT2D eigenvalue weighted by Gasteiger charge is -2.22. The zero-order valence-electron chi connectivity index (χ0n) is 9.30. The van der Waals surface area contributed by atoms with Gasteiger partial charge in [-0.15, -0.1) is 0 Å². The van der Waals surface area contributed by atoms with Crippen molar-refractivity contribution in [3.63, 3.8) is 0 Å². The Morgan fingerprint density at radius 3 is 2.76 bits per heavy atom. The summed E-state index contributed by atoms with van der Waals surface area (Å²) in [6.07, 6.45) is 1.73. The Morgan fingerprint density at radius 1 is 1.41 bits per heavy atom. The second kappa shape index (κ2) is 5.77. The van der Waals surface area contributed by atoms with E-state index in [4.69, 9.17) is 0 Å². The number of anilines is 1. The van der Waals surface area contributed by atoms with Crippen LogP contribution in [0.1, 0.15) is 12.8 Å². The van der Waals surface area contributed by atoms with Crippen LogP contribution in [-0.2, 0) is 4.79 Å². The molecule has 0 saturated carbocycles. The van der Waals surface area contributed by atoms with E-state index in [0.717, 1.165) is 29.5 Å². The van der Waals surface area contributed by atoms with Crippen molar-refractivity contribution < 1.29 is 9.18 Å². The number of amides is 1. The van der Waals surface area contributed by atoms with Gasteiger partial charge in [0, 0.05) is 9.49 Å². The van der Waals surface area contributed by atoms with Crippen molar-refractivity contribution in [2.45, 2.75) is 12.8 Å². The van der Waals surface area contributed by atoms with Gasteiger partial charge in [0.05, 0.1) is 5.69 Å². The predicted octanol–water partition coefficient (Wildman–Crippen LogP) is 2.37. The van der Waals surface area contributed by atoms with Crippen LogP contribution in [-0.4, -0.2) is 19.0 Å². The highest BCUT2D eigenvalue weighted by Crippen LogP contribution is 2.21. The molecule has 1 saturated heterocycles. The first-order valence-electron chi connectivity index (χ1n) is 5.63. The van der Waals surface area contributed by atoms with Crippen LogP contribution in [0.4, 0.5) is 10.1 Å². The number of hydrogen-bond donors (Lipinski definition) is 2. The fraction of sp³-hybridized carbons (Fsp3) is 0.417. The van der Waals surface area contributed by atoms with Crippen LogP contribution < -0.4 is 10.6 Å². The van der Waals surface area contributed by atoms with Crippen molar-refractivity contribution >= 4 is 34.2 Å². The molecule has 2 rings (SSSR count). The van der Waals surface area contributed by atoms with E-state index in [0.29, 0.717) is 5.69 Å². The van der Waals surface area contributed by atoms with Gasteiger partial charge < -0.3 is 10.6 Å². The van der Waals surface area contributed by atoms with Gasteiger partial charge in [0.1, 0.15) is 5.82 Å². The molecule has 0 bridgehead atoms. The van der Waals surface area contributed by atoms with E-state index < -0.39 is 0 Å². The molecule has 1 aromatic carbocycles.